The number of rotatable bonds is 2. The molecule has 1 aliphatic rings. The van der Waals surface area contributed by atoms with Crippen molar-refractivity contribution in [2.45, 2.75) is 39.2 Å². The van der Waals surface area contributed by atoms with Crippen LogP contribution in [0.5, 0.6) is 0 Å². The Morgan fingerprint density at radius 3 is 2.45 bits per heavy atom. The number of hydrogen-bond donors (Lipinski definition) is 1. The molecule has 0 bridgehead atoms. The Labute approximate surface area is 126 Å². The van der Waals surface area contributed by atoms with Gasteiger partial charge in [-0.15, -0.1) is 0 Å². The molecule has 0 radical (unpaired) electrons. The van der Waals surface area contributed by atoms with Gasteiger partial charge in [0, 0.05) is 10.7 Å². The van der Waals surface area contributed by atoms with Crippen molar-refractivity contribution in [3.8, 4) is 0 Å². The SMILES string of the molecule is Cc1c(Cl)ccc2c1NC(c1ccc(C(C)C)cc1)C2. The Hall–Kier alpha value is -1.47. The van der Waals surface area contributed by atoms with Crippen molar-refractivity contribution in [2.24, 2.45) is 0 Å². The Balaban J connectivity index is 1.86. The number of fused-ring (bicyclic) bond motifs is 1. The lowest BCUT2D eigenvalue weighted by Crippen LogP contribution is -2.06. The van der Waals surface area contributed by atoms with Crippen LogP contribution in [-0.2, 0) is 6.42 Å². The van der Waals surface area contributed by atoms with Gasteiger partial charge in [-0.2, -0.15) is 0 Å². The maximum atomic E-state index is 6.20. The van der Waals surface area contributed by atoms with Crippen molar-refractivity contribution in [1.29, 1.82) is 0 Å². The molecule has 1 N–H and O–H groups in total. The zero-order valence-corrected chi connectivity index (χ0v) is 13.0. The Morgan fingerprint density at radius 2 is 1.80 bits per heavy atom. The van der Waals surface area contributed by atoms with E-state index in [1.165, 1.54) is 22.4 Å². The number of anilines is 1. The maximum absolute atomic E-state index is 6.20. The van der Waals surface area contributed by atoms with Gasteiger partial charge in [0.05, 0.1) is 6.04 Å². The molecule has 1 heterocycles. The average Bonchev–Trinajstić information content (AvgIpc) is 2.88. The van der Waals surface area contributed by atoms with Crippen LogP contribution in [0.15, 0.2) is 36.4 Å². The van der Waals surface area contributed by atoms with Gasteiger partial charge in [-0.05, 0) is 47.6 Å². The third-order valence-electron chi connectivity index (χ3n) is 4.23. The third-order valence-corrected chi connectivity index (χ3v) is 4.64. The minimum atomic E-state index is 0.364. The topological polar surface area (TPSA) is 12.0 Å². The van der Waals surface area contributed by atoms with E-state index in [9.17, 15) is 0 Å². The highest BCUT2D eigenvalue weighted by Crippen LogP contribution is 2.39. The molecule has 0 amide bonds. The number of hydrogen-bond acceptors (Lipinski definition) is 1. The third kappa shape index (κ3) is 2.31. The average molecular weight is 286 g/mol. The fraction of sp³-hybridized carbons (Fsp3) is 0.333. The highest BCUT2D eigenvalue weighted by atomic mass is 35.5. The molecule has 20 heavy (non-hydrogen) atoms. The van der Waals surface area contributed by atoms with Gasteiger partial charge < -0.3 is 5.32 Å². The van der Waals surface area contributed by atoms with Gasteiger partial charge in [0.25, 0.3) is 0 Å². The second-order valence-electron chi connectivity index (χ2n) is 5.93. The Kier molecular flexibility index (Phi) is 3.47. The lowest BCUT2D eigenvalue weighted by Gasteiger charge is -2.14. The largest absolute Gasteiger partial charge is 0.377 e. The van der Waals surface area contributed by atoms with Crippen molar-refractivity contribution >= 4 is 17.3 Å². The molecule has 2 heteroatoms. The van der Waals surface area contributed by atoms with Gasteiger partial charge in [-0.3, -0.25) is 0 Å². The monoisotopic (exact) mass is 285 g/mol. The van der Waals surface area contributed by atoms with Gasteiger partial charge in [-0.25, -0.2) is 0 Å². The van der Waals surface area contributed by atoms with E-state index in [0.29, 0.717) is 12.0 Å². The Morgan fingerprint density at radius 1 is 1.10 bits per heavy atom. The molecule has 2 aromatic carbocycles. The van der Waals surface area contributed by atoms with E-state index in [1.807, 2.05) is 6.07 Å². The minimum absolute atomic E-state index is 0.364. The van der Waals surface area contributed by atoms with Crippen LogP contribution in [0.3, 0.4) is 0 Å². The van der Waals surface area contributed by atoms with Gasteiger partial charge in [0.15, 0.2) is 0 Å². The van der Waals surface area contributed by atoms with Gasteiger partial charge >= 0.3 is 0 Å². The van der Waals surface area contributed by atoms with Crippen LogP contribution in [0.2, 0.25) is 5.02 Å². The van der Waals surface area contributed by atoms with Crippen LogP contribution in [0.1, 0.15) is 48.1 Å². The van der Waals surface area contributed by atoms with E-state index in [-0.39, 0.29) is 0 Å². The summed E-state index contributed by atoms with van der Waals surface area (Å²) >= 11 is 6.20. The van der Waals surface area contributed by atoms with Crippen molar-refractivity contribution in [2.75, 3.05) is 5.32 Å². The number of nitrogens with one attached hydrogen (secondary N) is 1. The van der Waals surface area contributed by atoms with Gasteiger partial charge in [0.1, 0.15) is 0 Å². The standard InChI is InChI=1S/C18H20ClN/c1-11(2)13-4-6-14(7-5-13)17-10-15-8-9-16(19)12(3)18(15)20-17/h4-9,11,17,20H,10H2,1-3H3. The normalized spacial score (nSPS) is 17.1. The fourth-order valence-corrected chi connectivity index (χ4v) is 3.03. The Bertz CT molecular complexity index is 629. The zero-order valence-electron chi connectivity index (χ0n) is 12.2. The van der Waals surface area contributed by atoms with Crippen LogP contribution in [-0.4, -0.2) is 0 Å². The molecule has 104 valence electrons. The fourth-order valence-electron chi connectivity index (χ4n) is 2.87. The minimum Gasteiger partial charge on any atom is -0.377 e. The first-order valence-electron chi connectivity index (χ1n) is 7.20. The highest BCUT2D eigenvalue weighted by Gasteiger charge is 2.24. The molecule has 0 saturated heterocycles. The van der Waals surface area contributed by atoms with E-state index >= 15 is 0 Å². The predicted octanol–water partition coefficient (Wildman–Crippen LogP) is 5.48. The van der Waals surface area contributed by atoms with Crippen molar-refractivity contribution in [1.82, 2.24) is 0 Å². The summed E-state index contributed by atoms with van der Waals surface area (Å²) in [6, 6.07) is 13.5. The molecule has 1 unspecified atom stereocenters. The highest BCUT2D eigenvalue weighted by molar-refractivity contribution is 6.31. The molecular formula is C18H20ClN. The van der Waals surface area contributed by atoms with E-state index < -0.39 is 0 Å². The summed E-state index contributed by atoms with van der Waals surface area (Å²) in [7, 11) is 0. The second-order valence-corrected chi connectivity index (χ2v) is 6.34. The van der Waals surface area contributed by atoms with Crippen LogP contribution in [0.25, 0.3) is 0 Å². The summed E-state index contributed by atoms with van der Waals surface area (Å²) in [5, 5.41) is 4.46. The molecule has 1 nitrogen and oxygen atoms in total. The second kappa shape index (κ2) is 5.14. The van der Waals surface area contributed by atoms with Crippen LogP contribution in [0.4, 0.5) is 5.69 Å². The first-order chi connectivity index (χ1) is 9.56. The van der Waals surface area contributed by atoms with Crippen LogP contribution in [0, 0.1) is 6.92 Å². The van der Waals surface area contributed by atoms with Crippen molar-refractivity contribution in [3.05, 3.63) is 63.7 Å². The first-order valence-corrected chi connectivity index (χ1v) is 7.58. The summed E-state index contributed by atoms with van der Waals surface area (Å²) in [4.78, 5) is 0. The lowest BCUT2D eigenvalue weighted by atomic mass is 9.97. The molecular weight excluding hydrogens is 266 g/mol. The summed E-state index contributed by atoms with van der Waals surface area (Å²) in [5.74, 6) is 0.582. The van der Waals surface area contributed by atoms with E-state index in [0.717, 1.165) is 17.0 Å². The smallest absolute Gasteiger partial charge is 0.0555 e. The summed E-state index contributed by atoms with van der Waals surface area (Å²) in [6.45, 7) is 6.53. The molecule has 0 aliphatic carbocycles. The molecule has 0 saturated carbocycles. The molecule has 2 aromatic rings. The lowest BCUT2D eigenvalue weighted by molar-refractivity contribution is 0.816. The molecule has 0 spiro atoms. The van der Waals surface area contributed by atoms with Gasteiger partial charge in [-0.1, -0.05) is 55.8 Å². The number of benzene rings is 2. The first kappa shape index (κ1) is 13.5. The molecule has 1 atom stereocenters. The van der Waals surface area contributed by atoms with Crippen molar-refractivity contribution in [3.63, 3.8) is 0 Å². The molecule has 3 rings (SSSR count). The maximum Gasteiger partial charge on any atom is 0.0555 e. The predicted molar refractivity (Wildman–Crippen MR) is 86.8 cm³/mol. The molecule has 1 aliphatic heterocycles. The zero-order chi connectivity index (χ0) is 14.3. The van der Waals surface area contributed by atoms with Crippen LogP contribution >= 0.6 is 11.6 Å². The van der Waals surface area contributed by atoms with E-state index in [4.69, 9.17) is 11.6 Å². The quantitative estimate of drug-likeness (QED) is 0.770. The van der Waals surface area contributed by atoms with Crippen LogP contribution < -0.4 is 5.32 Å². The van der Waals surface area contributed by atoms with Gasteiger partial charge in [0.2, 0.25) is 0 Å². The molecule has 0 fully saturated rings. The summed E-state index contributed by atoms with van der Waals surface area (Å²) < 4.78 is 0. The molecule has 0 aromatic heterocycles. The summed E-state index contributed by atoms with van der Waals surface area (Å²) in [5.41, 5.74) is 6.48. The summed E-state index contributed by atoms with van der Waals surface area (Å²) in [6.07, 6.45) is 1.04. The van der Waals surface area contributed by atoms with Crippen molar-refractivity contribution < 1.29 is 0 Å². The van der Waals surface area contributed by atoms with E-state index in [1.54, 1.807) is 0 Å². The van der Waals surface area contributed by atoms with E-state index in [2.05, 4.69) is 56.4 Å². The number of halogens is 1.